The zero-order valence-electron chi connectivity index (χ0n) is 9.34. The Morgan fingerprint density at radius 1 is 1.31 bits per heavy atom. The van der Waals surface area contributed by atoms with Crippen LogP contribution in [0, 0.1) is 0 Å². The summed E-state index contributed by atoms with van der Waals surface area (Å²) in [5, 5.41) is 9.47. The van der Waals surface area contributed by atoms with E-state index >= 15 is 0 Å². The van der Waals surface area contributed by atoms with Gasteiger partial charge < -0.3 is 9.84 Å². The second-order valence-corrected chi connectivity index (χ2v) is 6.58. The summed E-state index contributed by atoms with van der Waals surface area (Å²) in [6, 6.07) is 0. The minimum absolute atomic E-state index is 0.0692. The molecular formula is C10H19NO4S. The van der Waals surface area contributed by atoms with Crippen LogP contribution in [-0.2, 0) is 14.8 Å². The second kappa shape index (κ2) is 5.00. The summed E-state index contributed by atoms with van der Waals surface area (Å²) in [4.78, 5) is 0. The number of aliphatic hydroxyl groups excluding tert-OH is 1. The number of hydrogen-bond acceptors (Lipinski definition) is 4. The average Bonchev–Trinajstić information content (AvgIpc) is 2.70. The molecule has 0 aromatic carbocycles. The molecule has 5 nitrogen and oxygen atoms in total. The number of aliphatic hydroxyl groups is 1. The third-order valence-electron chi connectivity index (χ3n) is 3.17. The van der Waals surface area contributed by atoms with Crippen LogP contribution in [0.5, 0.6) is 0 Å². The van der Waals surface area contributed by atoms with Crippen molar-refractivity contribution in [1.29, 1.82) is 0 Å². The molecule has 2 saturated heterocycles. The Bertz CT molecular complexity index is 324. The molecule has 2 atom stereocenters. The van der Waals surface area contributed by atoms with E-state index in [1.807, 2.05) is 0 Å². The maximum atomic E-state index is 12.0. The van der Waals surface area contributed by atoms with Gasteiger partial charge in [-0.3, -0.25) is 0 Å². The van der Waals surface area contributed by atoms with E-state index in [0.29, 0.717) is 19.6 Å². The number of ether oxygens (including phenoxy) is 1. The minimum Gasteiger partial charge on any atom is -0.392 e. The molecule has 0 radical (unpaired) electrons. The molecule has 1 N–H and O–H groups in total. The molecule has 0 amide bonds. The van der Waals surface area contributed by atoms with Crippen molar-refractivity contribution in [3.8, 4) is 0 Å². The smallest absolute Gasteiger partial charge is 0.216 e. The molecule has 2 heterocycles. The first-order valence-electron chi connectivity index (χ1n) is 5.85. The molecule has 2 fully saturated rings. The van der Waals surface area contributed by atoms with E-state index < -0.39 is 16.1 Å². The van der Waals surface area contributed by atoms with Crippen LogP contribution >= 0.6 is 0 Å². The number of rotatable bonds is 3. The Labute approximate surface area is 96.4 Å². The van der Waals surface area contributed by atoms with E-state index in [2.05, 4.69) is 0 Å². The molecule has 0 aromatic heterocycles. The van der Waals surface area contributed by atoms with E-state index in [9.17, 15) is 13.5 Å². The van der Waals surface area contributed by atoms with Gasteiger partial charge in [-0.25, -0.2) is 8.42 Å². The van der Waals surface area contributed by atoms with Crippen LogP contribution in [-0.4, -0.2) is 55.5 Å². The topological polar surface area (TPSA) is 66.8 Å². The molecule has 0 saturated carbocycles. The highest BCUT2D eigenvalue weighted by molar-refractivity contribution is 7.89. The zero-order chi connectivity index (χ0) is 11.6. The number of β-amino-alcohol motifs (C(OH)–C–C–N with tert-alkyl or cyclic N) is 1. The van der Waals surface area contributed by atoms with Crippen LogP contribution in [0.1, 0.15) is 25.7 Å². The molecule has 16 heavy (non-hydrogen) atoms. The van der Waals surface area contributed by atoms with E-state index in [-0.39, 0.29) is 18.4 Å². The zero-order valence-corrected chi connectivity index (χ0v) is 10.2. The van der Waals surface area contributed by atoms with Crippen molar-refractivity contribution < 1.29 is 18.3 Å². The Balaban J connectivity index is 1.94. The van der Waals surface area contributed by atoms with Gasteiger partial charge in [-0.1, -0.05) is 0 Å². The Kier molecular flexibility index (Phi) is 3.84. The second-order valence-electron chi connectivity index (χ2n) is 4.57. The molecule has 2 aliphatic heterocycles. The summed E-state index contributed by atoms with van der Waals surface area (Å²) in [6.07, 6.45) is 2.56. The van der Waals surface area contributed by atoms with Crippen LogP contribution in [0.4, 0.5) is 0 Å². The maximum absolute atomic E-state index is 12.0. The van der Waals surface area contributed by atoms with Crippen molar-refractivity contribution in [1.82, 2.24) is 4.31 Å². The molecule has 94 valence electrons. The fourth-order valence-corrected chi connectivity index (χ4v) is 4.04. The molecule has 0 bridgehead atoms. The summed E-state index contributed by atoms with van der Waals surface area (Å²) in [5.74, 6) is 0.0692. The van der Waals surface area contributed by atoms with E-state index in [4.69, 9.17) is 4.74 Å². The van der Waals surface area contributed by atoms with Crippen LogP contribution in [0.15, 0.2) is 0 Å². The summed E-state index contributed by atoms with van der Waals surface area (Å²) >= 11 is 0. The van der Waals surface area contributed by atoms with Gasteiger partial charge in [0.15, 0.2) is 0 Å². The Morgan fingerprint density at radius 3 is 2.75 bits per heavy atom. The van der Waals surface area contributed by atoms with Gasteiger partial charge in [0.1, 0.15) is 0 Å². The van der Waals surface area contributed by atoms with Gasteiger partial charge in [-0.15, -0.1) is 0 Å². The first kappa shape index (κ1) is 12.3. The van der Waals surface area contributed by atoms with Crippen molar-refractivity contribution in [3.05, 3.63) is 0 Å². The molecular weight excluding hydrogens is 230 g/mol. The Hall–Kier alpha value is -0.170. The summed E-state index contributed by atoms with van der Waals surface area (Å²) in [5.41, 5.74) is 0. The van der Waals surface area contributed by atoms with E-state index in [1.54, 1.807) is 0 Å². The predicted octanol–water partition coefficient (Wildman–Crippen LogP) is -0.0481. The molecule has 2 unspecified atom stereocenters. The molecule has 0 aromatic rings. The van der Waals surface area contributed by atoms with Crippen LogP contribution in [0.25, 0.3) is 0 Å². The van der Waals surface area contributed by atoms with E-state index in [1.165, 1.54) is 4.31 Å². The molecule has 0 spiro atoms. The number of piperidine rings is 1. The lowest BCUT2D eigenvalue weighted by molar-refractivity contribution is 0.104. The van der Waals surface area contributed by atoms with Crippen LogP contribution in [0.2, 0.25) is 0 Å². The lowest BCUT2D eigenvalue weighted by atomic mass is 10.1. The normalized spacial score (nSPS) is 33.1. The summed E-state index contributed by atoms with van der Waals surface area (Å²) in [7, 11) is -3.25. The highest BCUT2D eigenvalue weighted by atomic mass is 32.2. The number of nitrogens with zero attached hydrogens (tertiary/aromatic N) is 1. The van der Waals surface area contributed by atoms with Gasteiger partial charge in [0.2, 0.25) is 10.0 Å². The molecule has 6 heteroatoms. The van der Waals surface area contributed by atoms with Crippen LogP contribution < -0.4 is 0 Å². The SMILES string of the molecule is O=S(=O)(CC1CCCO1)N1CCCC(O)C1. The van der Waals surface area contributed by atoms with Gasteiger partial charge >= 0.3 is 0 Å². The fourth-order valence-electron chi connectivity index (χ4n) is 2.29. The quantitative estimate of drug-likeness (QED) is 0.761. The first-order valence-corrected chi connectivity index (χ1v) is 7.46. The van der Waals surface area contributed by atoms with Gasteiger partial charge in [0, 0.05) is 19.7 Å². The lowest BCUT2D eigenvalue weighted by Crippen LogP contribution is -2.44. The van der Waals surface area contributed by atoms with Crippen LogP contribution in [0.3, 0.4) is 0 Å². The van der Waals surface area contributed by atoms with Gasteiger partial charge in [0.25, 0.3) is 0 Å². The van der Waals surface area contributed by atoms with Crippen molar-refractivity contribution in [2.24, 2.45) is 0 Å². The van der Waals surface area contributed by atoms with Crippen molar-refractivity contribution in [2.45, 2.75) is 37.9 Å². The monoisotopic (exact) mass is 249 g/mol. The Morgan fingerprint density at radius 2 is 2.12 bits per heavy atom. The molecule has 2 rings (SSSR count). The molecule has 2 aliphatic rings. The third kappa shape index (κ3) is 2.94. The third-order valence-corrected chi connectivity index (χ3v) is 5.08. The summed E-state index contributed by atoms with van der Waals surface area (Å²) < 4.78 is 30.8. The lowest BCUT2D eigenvalue weighted by Gasteiger charge is -2.29. The largest absolute Gasteiger partial charge is 0.392 e. The first-order chi connectivity index (χ1) is 7.58. The van der Waals surface area contributed by atoms with Crippen molar-refractivity contribution >= 4 is 10.0 Å². The van der Waals surface area contributed by atoms with Gasteiger partial charge in [-0.2, -0.15) is 4.31 Å². The number of hydrogen-bond donors (Lipinski definition) is 1. The average molecular weight is 249 g/mol. The van der Waals surface area contributed by atoms with Crippen molar-refractivity contribution in [3.63, 3.8) is 0 Å². The fraction of sp³-hybridized carbons (Fsp3) is 1.00. The highest BCUT2D eigenvalue weighted by Gasteiger charge is 2.31. The van der Waals surface area contributed by atoms with Crippen molar-refractivity contribution in [2.75, 3.05) is 25.4 Å². The number of sulfonamides is 1. The highest BCUT2D eigenvalue weighted by Crippen LogP contribution is 2.19. The van der Waals surface area contributed by atoms with Gasteiger partial charge in [-0.05, 0) is 25.7 Å². The molecule has 0 aliphatic carbocycles. The standard InChI is InChI=1S/C10H19NO4S/c12-9-3-1-5-11(7-9)16(13,14)8-10-4-2-6-15-10/h9-10,12H,1-8H2. The van der Waals surface area contributed by atoms with E-state index in [0.717, 1.165) is 19.3 Å². The predicted molar refractivity (Wildman–Crippen MR) is 59.6 cm³/mol. The maximum Gasteiger partial charge on any atom is 0.216 e. The minimum atomic E-state index is -3.25. The van der Waals surface area contributed by atoms with Gasteiger partial charge in [0.05, 0.1) is 18.0 Å². The summed E-state index contributed by atoms with van der Waals surface area (Å²) in [6.45, 7) is 1.45.